The van der Waals surface area contributed by atoms with E-state index in [9.17, 15) is 4.39 Å². The van der Waals surface area contributed by atoms with E-state index in [0.717, 1.165) is 22.2 Å². The summed E-state index contributed by atoms with van der Waals surface area (Å²) in [4.78, 5) is 4.28. The lowest BCUT2D eigenvalue weighted by molar-refractivity contribution is 0.636. The van der Waals surface area contributed by atoms with Crippen LogP contribution in [0.2, 0.25) is 5.02 Å². The lowest BCUT2D eigenvalue weighted by atomic mass is 10.1. The Morgan fingerprint density at radius 2 is 2.12 bits per heavy atom. The fraction of sp³-hybridized carbons (Fsp3) is 0.250. The molecule has 4 heteroatoms. The van der Waals surface area contributed by atoms with Gasteiger partial charge in [-0.1, -0.05) is 34.5 Å². The summed E-state index contributed by atoms with van der Waals surface area (Å²) in [7, 11) is 0. The number of fused-ring (bicyclic) bond motifs is 1. The van der Waals surface area contributed by atoms with Crippen LogP contribution in [0.25, 0.3) is 10.9 Å². The summed E-state index contributed by atoms with van der Waals surface area (Å²) < 4.78 is 14.4. The van der Waals surface area contributed by atoms with Crippen LogP contribution < -0.4 is 0 Å². The molecule has 0 atom stereocenters. The van der Waals surface area contributed by atoms with Gasteiger partial charge in [-0.3, -0.25) is 0 Å². The van der Waals surface area contributed by atoms with Crippen molar-refractivity contribution in [3.63, 3.8) is 0 Å². The number of benzene rings is 1. The summed E-state index contributed by atoms with van der Waals surface area (Å²) in [6.07, 6.45) is 0.788. The van der Waals surface area contributed by atoms with Crippen LogP contribution in [0.5, 0.6) is 0 Å². The van der Waals surface area contributed by atoms with Crippen LogP contribution in [0.4, 0.5) is 4.39 Å². The van der Waals surface area contributed by atoms with Crippen LogP contribution in [0, 0.1) is 12.7 Å². The van der Waals surface area contributed by atoms with Crippen molar-refractivity contribution in [1.82, 2.24) is 4.98 Å². The fourth-order valence-corrected chi connectivity index (χ4v) is 2.91. The number of halogens is 3. The van der Waals surface area contributed by atoms with Crippen molar-refractivity contribution >= 4 is 38.4 Å². The molecule has 2 aromatic rings. The van der Waals surface area contributed by atoms with E-state index in [-0.39, 0.29) is 5.82 Å². The summed E-state index contributed by atoms with van der Waals surface area (Å²) in [6.45, 7) is 3.86. The number of hydrogen-bond donors (Lipinski definition) is 0. The normalized spacial score (nSPS) is 11.1. The van der Waals surface area contributed by atoms with E-state index in [1.54, 1.807) is 6.07 Å². The number of aromatic nitrogens is 1. The summed E-state index contributed by atoms with van der Waals surface area (Å²) in [5.41, 5.74) is 2.09. The molecule has 0 aliphatic carbocycles. The number of nitrogens with zero attached hydrogens (tertiary/aromatic N) is 1. The number of rotatable bonds is 1. The Hall–Kier alpha value is -0.670. The zero-order valence-electron chi connectivity index (χ0n) is 8.94. The van der Waals surface area contributed by atoms with Gasteiger partial charge in [0.1, 0.15) is 11.3 Å². The number of hydrogen-bond acceptors (Lipinski definition) is 1. The summed E-state index contributed by atoms with van der Waals surface area (Å²) in [6, 6.07) is 3.04. The third kappa shape index (κ3) is 1.72. The predicted octanol–water partition coefficient (Wildman–Crippen LogP) is 4.66. The van der Waals surface area contributed by atoms with Crippen molar-refractivity contribution in [3.8, 4) is 0 Å². The van der Waals surface area contributed by atoms with Crippen molar-refractivity contribution in [1.29, 1.82) is 0 Å². The molecule has 0 radical (unpaired) electrons. The second kappa shape index (κ2) is 4.30. The van der Waals surface area contributed by atoms with Crippen molar-refractivity contribution in [3.05, 3.63) is 38.7 Å². The molecule has 0 bridgehead atoms. The molecule has 1 aromatic carbocycles. The Morgan fingerprint density at radius 1 is 1.44 bits per heavy atom. The Kier molecular flexibility index (Phi) is 3.17. The van der Waals surface area contributed by atoms with Gasteiger partial charge in [-0.15, -0.1) is 0 Å². The molecule has 1 aromatic heterocycles. The number of pyridine rings is 1. The monoisotopic (exact) mass is 301 g/mol. The SMILES string of the molecule is CCc1c(C)nc2c(F)ccc(Br)c2c1Cl. The molecule has 0 unspecified atom stereocenters. The lowest BCUT2D eigenvalue weighted by Gasteiger charge is -2.10. The first-order valence-electron chi connectivity index (χ1n) is 4.99. The van der Waals surface area contributed by atoms with E-state index >= 15 is 0 Å². The molecule has 0 amide bonds. The van der Waals surface area contributed by atoms with Crippen molar-refractivity contribution in [2.45, 2.75) is 20.3 Å². The van der Waals surface area contributed by atoms with Gasteiger partial charge in [0.2, 0.25) is 0 Å². The number of aryl methyl sites for hydroxylation is 1. The average Bonchev–Trinajstić information content (AvgIpc) is 2.24. The molecule has 16 heavy (non-hydrogen) atoms. The molecule has 0 aliphatic heterocycles. The maximum absolute atomic E-state index is 13.6. The molecular formula is C12H10BrClFN. The van der Waals surface area contributed by atoms with Gasteiger partial charge in [0.25, 0.3) is 0 Å². The predicted molar refractivity (Wildman–Crippen MR) is 68.5 cm³/mol. The molecule has 2 rings (SSSR count). The van der Waals surface area contributed by atoms with Gasteiger partial charge in [0.05, 0.1) is 5.02 Å². The first-order valence-corrected chi connectivity index (χ1v) is 6.16. The molecule has 0 fully saturated rings. The van der Waals surface area contributed by atoms with E-state index in [1.807, 2.05) is 13.8 Å². The summed E-state index contributed by atoms with van der Waals surface area (Å²) in [5.74, 6) is -0.342. The van der Waals surface area contributed by atoms with Crippen LogP contribution in [0.15, 0.2) is 16.6 Å². The Bertz CT molecular complexity index is 569. The minimum absolute atomic E-state index is 0.328. The van der Waals surface area contributed by atoms with Gasteiger partial charge in [-0.2, -0.15) is 0 Å². The van der Waals surface area contributed by atoms with Crippen LogP contribution >= 0.6 is 27.5 Å². The molecule has 0 spiro atoms. The van der Waals surface area contributed by atoms with E-state index in [2.05, 4.69) is 20.9 Å². The Morgan fingerprint density at radius 3 is 2.75 bits per heavy atom. The van der Waals surface area contributed by atoms with E-state index in [0.29, 0.717) is 15.9 Å². The van der Waals surface area contributed by atoms with Gasteiger partial charge in [0.15, 0.2) is 0 Å². The van der Waals surface area contributed by atoms with Crippen molar-refractivity contribution in [2.24, 2.45) is 0 Å². The molecule has 0 aliphatic rings. The van der Waals surface area contributed by atoms with E-state index in [4.69, 9.17) is 11.6 Å². The summed E-state index contributed by atoms with van der Waals surface area (Å²) >= 11 is 9.67. The van der Waals surface area contributed by atoms with Gasteiger partial charge >= 0.3 is 0 Å². The van der Waals surface area contributed by atoms with Gasteiger partial charge in [-0.25, -0.2) is 9.37 Å². The second-order valence-corrected chi connectivity index (χ2v) is 4.83. The van der Waals surface area contributed by atoms with Gasteiger partial charge < -0.3 is 0 Å². The minimum Gasteiger partial charge on any atom is -0.250 e. The molecule has 0 N–H and O–H groups in total. The third-order valence-corrected chi connectivity index (χ3v) is 3.71. The Labute approximate surface area is 107 Å². The smallest absolute Gasteiger partial charge is 0.149 e. The highest BCUT2D eigenvalue weighted by molar-refractivity contribution is 9.10. The van der Waals surface area contributed by atoms with Gasteiger partial charge in [0, 0.05) is 15.6 Å². The minimum atomic E-state index is -0.342. The highest BCUT2D eigenvalue weighted by atomic mass is 79.9. The quantitative estimate of drug-likeness (QED) is 0.746. The van der Waals surface area contributed by atoms with Crippen LogP contribution in [0.3, 0.4) is 0 Å². The third-order valence-electron chi connectivity index (χ3n) is 2.63. The zero-order chi connectivity index (χ0) is 11.9. The Balaban J connectivity index is 2.98. The first kappa shape index (κ1) is 11.8. The highest BCUT2D eigenvalue weighted by Crippen LogP contribution is 2.34. The highest BCUT2D eigenvalue weighted by Gasteiger charge is 2.14. The maximum Gasteiger partial charge on any atom is 0.149 e. The zero-order valence-corrected chi connectivity index (χ0v) is 11.3. The second-order valence-electron chi connectivity index (χ2n) is 3.60. The van der Waals surface area contributed by atoms with Crippen LogP contribution in [0.1, 0.15) is 18.2 Å². The molecular weight excluding hydrogens is 292 g/mol. The molecule has 84 valence electrons. The molecule has 0 saturated carbocycles. The fourth-order valence-electron chi connectivity index (χ4n) is 1.82. The van der Waals surface area contributed by atoms with Crippen LogP contribution in [-0.2, 0) is 6.42 Å². The molecule has 0 saturated heterocycles. The van der Waals surface area contributed by atoms with E-state index < -0.39 is 0 Å². The molecule has 1 nitrogen and oxygen atoms in total. The van der Waals surface area contributed by atoms with Crippen LogP contribution in [-0.4, -0.2) is 4.98 Å². The summed E-state index contributed by atoms with van der Waals surface area (Å²) in [5, 5.41) is 1.25. The topological polar surface area (TPSA) is 12.9 Å². The largest absolute Gasteiger partial charge is 0.250 e. The lowest BCUT2D eigenvalue weighted by Crippen LogP contribution is -1.96. The van der Waals surface area contributed by atoms with Crippen molar-refractivity contribution in [2.75, 3.05) is 0 Å². The van der Waals surface area contributed by atoms with E-state index in [1.165, 1.54) is 6.07 Å². The van der Waals surface area contributed by atoms with Gasteiger partial charge in [-0.05, 0) is 31.0 Å². The first-order chi connectivity index (χ1) is 7.56. The average molecular weight is 303 g/mol. The maximum atomic E-state index is 13.6. The molecule has 1 heterocycles. The van der Waals surface area contributed by atoms with Crippen molar-refractivity contribution < 1.29 is 4.39 Å². The standard InChI is InChI=1S/C12H10BrClFN/c1-3-7-6(2)16-12-9(15)5-4-8(13)10(12)11(7)14/h4-5H,3H2,1-2H3.